The first-order valence-electron chi connectivity index (χ1n) is 11.6. The Morgan fingerprint density at radius 2 is 1.00 bits per heavy atom. The highest BCUT2D eigenvalue weighted by atomic mass is 15.6. The summed E-state index contributed by atoms with van der Waals surface area (Å²) in [6, 6.07) is 40.1. The maximum Gasteiger partial charge on any atom is 0.163 e. The lowest BCUT2D eigenvalue weighted by Gasteiger charge is -2.38. The van der Waals surface area contributed by atoms with Crippen LogP contribution in [0, 0.1) is 6.92 Å². The average Bonchev–Trinajstić information content (AvgIpc) is 3.38. The Kier molecular flexibility index (Phi) is 5.58. The summed E-state index contributed by atoms with van der Waals surface area (Å²) in [5.74, 6) is 0.799. The van der Waals surface area contributed by atoms with Gasteiger partial charge in [-0.3, -0.25) is 0 Å². The van der Waals surface area contributed by atoms with E-state index in [0.717, 1.165) is 28.1 Å². The normalized spacial score (nSPS) is 12.0. The second kappa shape index (κ2) is 8.71. The Hall–Kier alpha value is -4.05. The summed E-state index contributed by atoms with van der Waals surface area (Å²) >= 11 is 0. The van der Waals surface area contributed by atoms with E-state index in [9.17, 15) is 0 Å². The number of tetrazole rings is 1. The highest BCUT2D eigenvalue weighted by Crippen LogP contribution is 2.43. The van der Waals surface area contributed by atoms with Crippen molar-refractivity contribution in [1.82, 2.24) is 20.2 Å². The summed E-state index contributed by atoms with van der Waals surface area (Å²) in [6.07, 6.45) is 0. The molecule has 5 rings (SSSR count). The minimum Gasteiger partial charge on any atom is -0.209 e. The first-order valence-corrected chi connectivity index (χ1v) is 11.6. The molecule has 34 heavy (non-hydrogen) atoms. The van der Waals surface area contributed by atoms with E-state index >= 15 is 0 Å². The zero-order valence-electron chi connectivity index (χ0n) is 19.8. The van der Waals surface area contributed by atoms with E-state index < -0.39 is 11.0 Å². The lowest BCUT2D eigenvalue weighted by Crippen LogP contribution is -2.42. The third-order valence-corrected chi connectivity index (χ3v) is 6.69. The molecule has 1 aromatic heterocycles. The Labute approximate surface area is 200 Å². The third kappa shape index (κ3) is 3.52. The van der Waals surface area contributed by atoms with Gasteiger partial charge in [-0.2, -0.15) is 0 Å². The zero-order valence-corrected chi connectivity index (χ0v) is 19.8. The number of benzene rings is 4. The van der Waals surface area contributed by atoms with Gasteiger partial charge in [0.1, 0.15) is 5.54 Å². The fourth-order valence-corrected chi connectivity index (χ4v) is 4.81. The average molecular weight is 445 g/mol. The second-order valence-electron chi connectivity index (χ2n) is 9.21. The smallest absolute Gasteiger partial charge is 0.163 e. The molecular formula is C30H28N4. The van der Waals surface area contributed by atoms with E-state index in [0.29, 0.717) is 0 Å². The van der Waals surface area contributed by atoms with Gasteiger partial charge in [0.25, 0.3) is 0 Å². The molecule has 0 aliphatic rings. The molecule has 0 radical (unpaired) electrons. The predicted molar refractivity (Wildman–Crippen MR) is 136 cm³/mol. The van der Waals surface area contributed by atoms with Crippen LogP contribution in [0.2, 0.25) is 0 Å². The Balaban J connectivity index is 1.86. The van der Waals surface area contributed by atoms with Crippen LogP contribution in [0.4, 0.5) is 0 Å². The van der Waals surface area contributed by atoms with Crippen molar-refractivity contribution in [3.63, 3.8) is 0 Å². The molecule has 0 bridgehead atoms. The Morgan fingerprint density at radius 3 is 1.44 bits per heavy atom. The fraction of sp³-hybridized carbons (Fsp3) is 0.167. The number of nitrogens with zero attached hydrogens (tertiary/aromatic N) is 4. The van der Waals surface area contributed by atoms with Crippen LogP contribution < -0.4 is 0 Å². The molecule has 0 saturated carbocycles. The Morgan fingerprint density at radius 1 is 0.559 bits per heavy atom. The van der Waals surface area contributed by atoms with Crippen LogP contribution in [0.15, 0.2) is 115 Å². The van der Waals surface area contributed by atoms with Gasteiger partial charge in [0, 0.05) is 0 Å². The summed E-state index contributed by atoms with van der Waals surface area (Å²) in [5, 5.41) is 13.6. The monoisotopic (exact) mass is 444 g/mol. The van der Waals surface area contributed by atoms with Crippen molar-refractivity contribution in [3.8, 4) is 0 Å². The maximum absolute atomic E-state index is 4.68. The number of rotatable bonds is 6. The summed E-state index contributed by atoms with van der Waals surface area (Å²) < 4.78 is 2.02. The molecule has 0 spiro atoms. The molecule has 0 amide bonds. The second-order valence-corrected chi connectivity index (χ2v) is 9.21. The molecule has 5 aromatic rings. The molecule has 0 atom stereocenters. The van der Waals surface area contributed by atoms with E-state index in [1.165, 1.54) is 5.56 Å². The lowest BCUT2D eigenvalue weighted by atomic mass is 9.75. The van der Waals surface area contributed by atoms with E-state index in [1.807, 2.05) is 22.9 Å². The third-order valence-electron chi connectivity index (χ3n) is 6.69. The molecule has 4 heteroatoms. The van der Waals surface area contributed by atoms with Crippen LogP contribution in [-0.2, 0) is 11.0 Å². The van der Waals surface area contributed by atoms with Crippen molar-refractivity contribution < 1.29 is 0 Å². The number of aryl methyl sites for hydroxylation is 1. The van der Waals surface area contributed by atoms with Gasteiger partial charge >= 0.3 is 0 Å². The van der Waals surface area contributed by atoms with Gasteiger partial charge in [0.15, 0.2) is 5.82 Å². The quantitative estimate of drug-likeness (QED) is 0.295. The fourth-order valence-electron chi connectivity index (χ4n) is 4.81. The van der Waals surface area contributed by atoms with Crippen molar-refractivity contribution in [2.75, 3.05) is 0 Å². The summed E-state index contributed by atoms with van der Waals surface area (Å²) in [4.78, 5) is 0. The first-order chi connectivity index (χ1) is 16.5. The van der Waals surface area contributed by atoms with E-state index in [1.54, 1.807) is 0 Å². The zero-order chi connectivity index (χ0) is 23.6. The molecule has 4 aromatic carbocycles. The molecule has 0 N–H and O–H groups in total. The molecule has 4 nitrogen and oxygen atoms in total. The van der Waals surface area contributed by atoms with Crippen molar-refractivity contribution in [2.24, 2.45) is 0 Å². The molecule has 1 heterocycles. The van der Waals surface area contributed by atoms with Gasteiger partial charge in [0.05, 0.1) is 5.41 Å². The van der Waals surface area contributed by atoms with Crippen molar-refractivity contribution in [3.05, 3.63) is 149 Å². The SMILES string of the molecule is Cc1ccc(C(C)(C)c2nnnn2C(c2ccccc2)(c2ccccc2)c2ccccc2)cc1. The lowest BCUT2D eigenvalue weighted by molar-refractivity contribution is 0.401. The van der Waals surface area contributed by atoms with Gasteiger partial charge in [-0.05, 0) is 53.5 Å². The minimum atomic E-state index is -0.745. The molecule has 0 unspecified atom stereocenters. The largest absolute Gasteiger partial charge is 0.209 e. The molecule has 0 aliphatic heterocycles. The summed E-state index contributed by atoms with van der Waals surface area (Å²) in [7, 11) is 0. The molecular weight excluding hydrogens is 416 g/mol. The van der Waals surface area contributed by atoms with Crippen LogP contribution in [0.1, 0.15) is 47.5 Å². The molecule has 0 saturated heterocycles. The van der Waals surface area contributed by atoms with Crippen LogP contribution in [0.5, 0.6) is 0 Å². The number of hydrogen-bond acceptors (Lipinski definition) is 3. The standard InChI is InChI=1S/C30H28N4/c1-23-19-21-24(22-20-23)29(2,3)28-31-32-33-34(28)30(25-13-7-4-8-14-25,26-15-9-5-10-16-26)27-17-11-6-12-18-27/h4-22H,1-3H3. The minimum absolute atomic E-state index is 0.430. The van der Waals surface area contributed by atoms with E-state index in [2.05, 4.69) is 133 Å². The maximum atomic E-state index is 4.68. The van der Waals surface area contributed by atoms with Crippen molar-refractivity contribution >= 4 is 0 Å². The van der Waals surface area contributed by atoms with Gasteiger partial charge < -0.3 is 0 Å². The van der Waals surface area contributed by atoms with Gasteiger partial charge in [-0.15, -0.1) is 5.10 Å². The van der Waals surface area contributed by atoms with Crippen LogP contribution in [-0.4, -0.2) is 20.2 Å². The summed E-state index contributed by atoms with van der Waals surface area (Å²) in [6.45, 7) is 6.48. The van der Waals surface area contributed by atoms with E-state index in [-0.39, 0.29) is 0 Å². The number of aromatic nitrogens is 4. The molecule has 168 valence electrons. The van der Waals surface area contributed by atoms with Crippen LogP contribution in [0.3, 0.4) is 0 Å². The summed E-state index contributed by atoms with van der Waals surface area (Å²) in [5.41, 5.74) is 4.51. The van der Waals surface area contributed by atoms with Gasteiger partial charge in [-0.1, -0.05) is 121 Å². The van der Waals surface area contributed by atoms with Crippen LogP contribution >= 0.6 is 0 Å². The predicted octanol–water partition coefficient (Wildman–Crippen LogP) is 6.15. The van der Waals surface area contributed by atoms with E-state index in [4.69, 9.17) is 0 Å². The first kappa shape index (κ1) is 21.8. The Bertz CT molecular complexity index is 1260. The highest BCUT2D eigenvalue weighted by Gasteiger charge is 2.44. The molecule has 0 aliphatic carbocycles. The van der Waals surface area contributed by atoms with Crippen LogP contribution in [0.25, 0.3) is 0 Å². The van der Waals surface area contributed by atoms with Crippen molar-refractivity contribution in [2.45, 2.75) is 31.7 Å². The molecule has 0 fully saturated rings. The van der Waals surface area contributed by atoms with Gasteiger partial charge in [0.2, 0.25) is 0 Å². The highest BCUT2D eigenvalue weighted by molar-refractivity contribution is 5.51. The van der Waals surface area contributed by atoms with Gasteiger partial charge in [-0.25, -0.2) is 4.68 Å². The van der Waals surface area contributed by atoms with Crippen molar-refractivity contribution in [1.29, 1.82) is 0 Å². The topological polar surface area (TPSA) is 43.6 Å². The number of hydrogen-bond donors (Lipinski definition) is 0.